The molecule has 1 aliphatic carbocycles. The second-order valence-corrected chi connectivity index (χ2v) is 3.34. The van der Waals surface area contributed by atoms with Crippen LogP contribution in [0.4, 0.5) is 0 Å². The molecule has 0 spiro atoms. The molecule has 4 heteroatoms. The second-order valence-electron chi connectivity index (χ2n) is 3.34. The number of carbonyl (C=O) groups is 1. The van der Waals surface area contributed by atoms with Crippen molar-refractivity contribution >= 4 is 12.0 Å². The summed E-state index contributed by atoms with van der Waals surface area (Å²) in [5.41, 5.74) is -0.967. The van der Waals surface area contributed by atoms with Crippen LogP contribution in [0.1, 0.15) is 32.1 Å². The molecule has 0 aromatic rings. The standard InChI is InChI=1S/C10H13NO3/c1-2-9(13)14-10(11-8-12)6-4-3-5-7-10/h2H,1,3-7H2. The third-order valence-corrected chi connectivity index (χ3v) is 2.34. The van der Waals surface area contributed by atoms with Crippen molar-refractivity contribution in [1.82, 2.24) is 0 Å². The molecule has 14 heavy (non-hydrogen) atoms. The Morgan fingerprint density at radius 1 is 1.43 bits per heavy atom. The van der Waals surface area contributed by atoms with Crippen molar-refractivity contribution in [3.8, 4) is 0 Å². The van der Waals surface area contributed by atoms with E-state index in [1.165, 1.54) is 6.08 Å². The third-order valence-electron chi connectivity index (χ3n) is 2.34. The summed E-state index contributed by atoms with van der Waals surface area (Å²) < 4.78 is 5.08. The first-order valence-corrected chi connectivity index (χ1v) is 4.67. The zero-order valence-electron chi connectivity index (χ0n) is 7.99. The van der Waals surface area contributed by atoms with Gasteiger partial charge in [0.2, 0.25) is 11.8 Å². The first-order valence-electron chi connectivity index (χ1n) is 4.67. The molecular weight excluding hydrogens is 182 g/mol. The number of esters is 1. The summed E-state index contributed by atoms with van der Waals surface area (Å²) in [6, 6.07) is 0. The lowest BCUT2D eigenvalue weighted by Gasteiger charge is -2.30. The maximum absolute atomic E-state index is 11.0. The first-order chi connectivity index (χ1) is 6.72. The highest BCUT2D eigenvalue weighted by atomic mass is 16.6. The van der Waals surface area contributed by atoms with Gasteiger partial charge in [0, 0.05) is 18.9 Å². The molecule has 0 amide bonds. The van der Waals surface area contributed by atoms with Gasteiger partial charge in [0.1, 0.15) is 0 Å². The lowest BCUT2D eigenvalue weighted by molar-refractivity contribution is -0.155. The lowest BCUT2D eigenvalue weighted by Crippen LogP contribution is -2.34. The van der Waals surface area contributed by atoms with Gasteiger partial charge in [0.15, 0.2) is 0 Å². The Hall–Kier alpha value is -1.41. The molecular formula is C10H13NO3. The smallest absolute Gasteiger partial charge is 0.332 e. The Labute approximate surface area is 82.7 Å². The second kappa shape index (κ2) is 4.72. The Morgan fingerprint density at radius 3 is 2.57 bits per heavy atom. The van der Waals surface area contributed by atoms with Crippen molar-refractivity contribution in [2.45, 2.75) is 37.8 Å². The highest BCUT2D eigenvalue weighted by Gasteiger charge is 2.35. The van der Waals surface area contributed by atoms with Crippen molar-refractivity contribution in [1.29, 1.82) is 0 Å². The SMILES string of the molecule is C=CC(=O)OC1(N=C=O)CCCCC1. The first kappa shape index (κ1) is 10.7. The molecule has 0 unspecified atom stereocenters. The van der Waals surface area contributed by atoms with E-state index in [2.05, 4.69) is 11.6 Å². The summed E-state index contributed by atoms with van der Waals surface area (Å²) in [5, 5.41) is 0. The molecule has 0 heterocycles. The van der Waals surface area contributed by atoms with E-state index < -0.39 is 11.7 Å². The fourth-order valence-electron chi connectivity index (χ4n) is 1.65. The number of aliphatic imine (C=N–C) groups is 1. The van der Waals surface area contributed by atoms with Crippen molar-refractivity contribution in [2.24, 2.45) is 4.99 Å². The summed E-state index contributed by atoms with van der Waals surface area (Å²) >= 11 is 0. The van der Waals surface area contributed by atoms with Crippen molar-refractivity contribution < 1.29 is 14.3 Å². The van der Waals surface area contributed by atoms with E-state index >= 15 is 0 Å². The summed E-state index contributed by atoms with van der Waals surface area (Å²) in [5.74, 6) is -0.536. The number of nitrogens with zero attached hydrogens (tertiary/aromatic N) is 1. The molecule has 1 fully saturated rings. The number of hydrogen-bond acceptors (Lipinski definition) is 4. The average molecular weight is 195 g/mol. The summed E-state index contributed by atoms with van der Waals surface area (Å²) in [7, 11) is 0. The van der Waals surface area contributed by atoms with Gasteiger partial charge in [0.25, 0.3) is 0 Å². The van der Waals surface area contributed by atoms with Crippen LogP contribution in [-0.2, 0) is 14.3 Å². The Kier molecular flexibility index (Phi) is 3.60. The van der Waals surface area contributed by atoms with Crippen LogP contribution >= 0.6 is 0 Å². The van der Waals surface area contributed by atoms with Gasteiger partial charge in [-0.1, -0.05) is 13.0 Å². The molecule has 0 aromatic heterocycles. The topological polar surface area (TPSA) is 55.7 Å². The van der Waals surface area contributed by atoms with Crippen LogP contribution in [0.5, 0.6) is 0 Å². The van der Waals surface area contributed by atoms with Crippen molar-refractivity contribution in [3.63, 3.8) is 0 Å². The van der Waals surface area contributed by atoms with Crippen LogP contribution in [0.2, 0.25) is 0 Å². The molecule has 0 N–H and O–H groups in total. The lowest BCUT2D eigenvalue weighted by atomic mass is 9.92. The van der Waals surface area contributed by atoms with Crippen LogP contribution in [-0.4, -0.2) is 17.8 Å². The number of isocyanates is 1. The van der Waals surface area contributed by atoms with E-state index in [1.54, 1.807) is 0 Å². The molecule has 76 valence electrons. The number of rotatable bonds is 3. The van der Waals surface area contributed by atoms with Crippen LogP contribution < -0.4 is 0 Å². The molecule has 1 saturated carbocycles. The predicted molar refractivity (Wildman–Crippen MR) is 50.2 cm³/mol. The predicted octanol–water partition coefficient (Wildman–Crippen LogP) is 1.71. The molecule has 0 bridgehead atoms. The number of hydrogen-bond donors (Lipinski definition) is 0. The molecule has 0 atom stereocenters. The largest absolute Gasteiger partial charge is 0.433 e. The van der Waals surface area contributed by atoms with Crippen LogP contribution in [0.25, 0.3) is 0 Å². The van der Waals surface area contributed by atoms with E-state index in [1.807, 2.05) is 0 Å². The van der Waals surface area contributed by atoms with E-state index in [-0.39, 0.29) is 0 Å². The molecule has 1 aliphatic rings. The van der Waals surface area contributed by atoms with Gasteiger partial charge in [0.05, 0.1) is 0 Å². The Balaban J connectivity index is 2.74. The summed E-state index contributed by atoms with van der Waals surface area (Å²) in [4.78, 5) is 24.9. The Morgan fingerprint density at radius 2 is 2.07 bits per heavy atom. The minimum atomic E-state index is -0.967. The van der Waals surface area contributed by atoms with E-state index in [0.717, 1.165) is 25.3 Å². The van der Waals surface area contributed by atoms with Gasteiger partial charge in [-0.25, -0.2) is 9.59 Å². The zero-order valence-corrected chi connectivity index (χ0v) is 7.99. The van der Waals surface area contributed by atoms with Crippen LogP contribution in [0.15, 0.2) is 17.6 Å². The molecule has 4 nitrogen and oxygen atoms in total. The quantitative estimate of drug-likeness (QED) is 0.298. The summed E-state index contributed by atoms with van der Waals surface area (Å²) in [6.07, 6.45) is 6.66. The molecule has 0 saturated heterocycles. The van der Waals surface area contributed by atoms with Gasteiger partial charge >= 0.3 is 5.97 Å². The Bertz CT molecular complexity index is 273. The van der Waals surface area contributed by atoms with E-state index in [0.29, 0.717) is 12.8 Å². The minimum Gasteiger partial charge on any atom is -0.433 e. The molecule has 1 rings (SSSR count). The van der Waals surface area contributed by atoms with E-state index in [4.69, 9.17) is 4.74 Å². The number of ether oxygens (including phenoxy) is 1. The fourth-order valence-corrected chi connectivity index (χ4v) is 1.65. The summed E-state index contributed by atoms with van der Waals surface area (Å²) in [6.45, 7) is 3.30. The third kappa shape index (κ3) is 2.54. The monoisotopic (exact) mass is 195 g/mol. The normalized spacial score (nSPS) is 19.1. The average Bonchev–Trinajstić information content (AvgIpc) is 2.19. The van der Waals surface area contributed by atoms with E-state index in [9.17, 15) is 9.59 Å². The van der Waals surface area contributed by atoms with Gasteiger partial charge < -0.3 is 4.74 Å². The van der Waals surface area contributed by atoms with Gasteiger partial charge in [-0.05, 0) is 12.8 Å². The molecule has 0 aliphatic heterocycles. The zero-order chi connectivity index (χ0) is 10.4. The number of carbonyl (C=O) groups excluding carboxylic acids is 2. The van der Waals surface area contributed by atoms with Gasteiger partial charge in [-0.15, -0.1) is 0 Å². The highest BCUT2D eigenvalue weighted by molar-refractivity contribution is 5.81. The maximum Gasteiger partial charge on any atom is 0.332 e. The molecule has 0 radical (unpaired) electrons. The van der Waals surface area contributed by atoms with Crippen molar-refractivity contribution in [2.75, 3.05) is 0 Å². The highest BCUT2D eigenvalue weighted by Crippen LogP contribution is 2.32. The molecule has 0 aromatic carbocycles. The maximum atomic E-state index is 11.0. The van der Waals surface area contributed by atoms with Crippen molar-refractivity contribution in [3.05, 3.63) is 12.7 Å². The fraction of sp³-hybridized carbons (Fsp3) is 0.600. The van der Waals surface area contributed by atoms with Gasteiger partial charge in [-0.2, -0.15) is 4.99 Å². The van der Waals surface area contributed by atoms with Gasteiger partial charge in [-0.3, -0.25) is 0 Å². The minimum absolute atomic E-state index is 0.536. The van der Waals surface area contributed by atoms with Crippen LogP contribution in [0.3, 0.4) is 0 Å². The van der Waals surface area contributed by atoms with Crippen LogP contribution in [0, 0.1) is 0 Å².